The smallest absolute Gasteiger partial charge is 0.321 e. The van der Waals surface area contributed by atoms with Crippen LogP contribution in [-0.2, 0) is 0 Å². The molecule has 0 spiro atoms. The lowest BCUT2D eigenvalue weighted by Crippen LogP contribution is -2.33. The second-order valence-corrected chi connectivity index (χ2v) is 7.08. The van der Waals surface area contributed by atoms with Gasteiger partial charge in [-0.2, -0.15) is 5.10 Å². The molecule has 1 aromatic carbocycles. The molecule has 0 radical (unpaired) electrons. The Morgan fingerprint density at radius 1 is 1.22 bits per heavy atom. The van der Waals surface area contributed by atoms with E-state index in [1.807, 2.05) is 38.4 Å². The molecule has 2 N–H and O–H groups in total. The van der Waals surface area contributed by atoms with Crippen molar-refractivity contribution in [1.82, 2.24) is 20.0 Å². The molecule has 1 atom stereocenters. The van der Waals surface area contributed by atoms with Gasteiger partial charge in [0.25, 0.3) is 5.91 Å². The van der Waals surface area contributed by atoms with Crippen molar-refractivity contribution in [2.24, 2.45) is 0 Å². The topological polar surface area (TPSA) is 79.3 Å². The van der Waals surface area contributed by atoms with Crippen LogP contribution in [0.25, 0.3) is 0 Å². The fourth-order valence-corrected chi connectivity index (χ4v) is 3.50. The first-order chi connectivity index (χ1) is 12.9. The fourth-order valence-electron chi connectivity index (χ4n) is 3.50. The standard InChI is InChI=1S/C20H27N5O2/c1-5-21-19(26)16-7-6-13(2)18(11-16)22-20(27)24-9-8-17(12-24)25-15(4)10-14(3)23-25/h6-7,10-11,17H,5,8-9,12H2,1-4H3,(H,21,26)(H,22,27)/t17-/m0/s1. The highest BCUT2D eigenvalue weighted by Crippen LogP contribution is 2.24. The SMILES string of the molecule is CCNC(=O)c1ccc(C)c(NC(=O)N2CC[C@H](n3nc(C)cc3C)C2)c1. The molecule has 0 unspecified atom stereocenters. The van der Waals surface area contributed by atoms with Crippen LogP contribution < -0.4 is 10.6 Å². The minimum atomic E-state index is -0.143. The molecule has 3 rings (SSSR count). The molecule has 1 aliphatic rings. The number of amides is 3. The van der Waals surface area contributed by atoms with Crippen LogP contribution in [-0.4, -0.2) is 46.3 Å². The lowest BCUT2D eigenvalue weighted by atomic mass is 10.1. The zero-order chi connectivity index (χ0) is 19.6. The van der Waals surface area contributed by atoms with Gasteiger partial charge in [0.15, 0.2) is 0 Å². The van der Waals surface area contributed by atoms with Crippen LogP contribution in [0, 0.1) is 20.8 Å². The van der Waals surface area contributed by atoms with Crippen LogP contribution in [0.3, 0.4) is 0 Å². The van der Waals surface area contributed by atoms with Crippen molar-refractivity contribution < 1.29 is 9.59 Å². The monoisotopic (exact) mass is 369 g/mol. The number of rotatable bonds is 4. The third-order valence-electron chi connectivity index (χ3n) is 4.92. The molecule has 0 bridgehead atoms. The summed E-state index contributed by atoms with van der Waals surface area (Å²) in [5.74, 6) is -0.140. The molecule has 144 valence electrons. The molecule has 1 fully saturated rings. The first-order valence-electron chi connectivity index (χ1n) is 9.36. The molecule has 0 saturated carbocycles. The van der Waals surface area contributed by atoms with Crippen molar-refractivity contribution in [3.63, 3.8) is 0 Å². The van der Waals surface area contributed by atoms with Crippen LogP contribution in [0.4, 0.5) is 10.5 Å². The second kappa shape index (κ2) is 7.82. The minimum Gasteiger partial charge on any atom is -0.352 e. The van der Waals surface area contributed by atoms with Gasteiger partial charge in [-0.25, -0.2) is 4.79 Å². The van der Waals surface area contributed by atoms with E-state index in [9.17, 15) is 9.59 Å². The molecule has 1 aromatic heterocycles. The van der Waals surface area contributed by atoms with E-state index in [-0.39, 0.29) is 18.0 Å². The summed E-state index contributed by atoms with van der Waals surface area (Å²) in [5.41, 5.74) is 4.24. The lowest BCUT2D eigenvalue weighted by molar-refractivity contribution is 0.0956. The number of urea groups is 1. The van der Waals surface area contributed by atoms with Crippen LogP contribution in [0.2, 0.25) is 0 Å². The molecule has 1 saturated heterocycles. The Hall–Kier alpha value is -2.83. The number of likely N-dealkylation sites (tertiary alicyclic amines) is 1. The van der Waals surface area contributed by atoms with E-state index in [0.29, 0.717) is 30.9 Å². The van der Waals surface area contributed by atoms with Gasteiger partial charge in [0, 0.05) is 36.6 Å². The summed E-state index contributed by atoms with van der Waals surface area (Å²) in [6.45, 7) is 9.69. The van der Waals surface area contributed by atoms with Crippen LogP contribution in [0.5, 0.6) is 0 Å². The van der Waals surface area contributed by atoms with E-state index in [0.717, 1.165) is 23.4 Å². The van der Waals surface area contributed by atoms with Crippen molar-refractivity contribution in [1.29, 1.82) is 0 Å². The van der Waals surface area contributed by atoms with Gasteiger partial charge in [-0.1, -0.05) is 6.07 Å². The summed E-state index contributed by atoms with van der Waals surface area (Å²) >= 11 is 0. The Morgan fingerprint density at radius 3 is 2.67 bits per heavy atom. The van der Waals surface area contributed by atoms with Crippen molar-refractivity contribution in [3.05, 3.63) is 46.8 Å². The number of hydrogen-bond acceptors (Lipinski definition) is 3. The molecule has 7 heteroatoms. The largest absolute Gasteiger partial charge is 0.352 e. The van der Waals surface area contributed by atoms with Gasteiger partial charge in [-0.05, 0) is 57.9 Å². The summed E-state index contributed by atoms with van der Waals surface area (Å²) in [4.78, 5) is 26.6. The van der Waals surface area contributed by atoms with Crippen molar-refractivity contribution in [2.75, 3.05) is 25.0 Å². The molecule has 1 aliphatic heterocycles. The third kappa shape index (κ3) is 4.13. The predicted molar refractivity (Wildman–Crippen MR) is 105 cm³/mol. The van der Waals surface area contributed by atoms with Crippen LogP contribution in [0.15, 0.2) is 24.3 Å². The summed E-state index contributed by atoms with van der Waals surface area (Å²) in [7, 11) is 0. The Balaban J connectivity index is 1.68. The van der Waals surface area contributed by atoms with Crippen molar-refractivity contribution >= 4 is 17.6 Å². The quantitative estimate of drug-likeness (QED) is 0.869. The number of nitrogens with zero attached hydrogens (tertiary/aromatic N) is 3. The zero-order valence-electron chi connectivity index (χ0n) is 16.4. The summed E-state index contributed by atoms with van der Waals surface area (Å²) in [6.07, 6.45) is 0.882. The van der Waals surface area contributed by atoms with Gasteiger partial charge >= 0.3 is 6.03 Å². The molecular formula is C20H27N5O2. The van der Waals surface area contributed by atoms with E-state index in [2.05, 4.69) is 21.8 Å². The minimum absolute atomic E-state index is 0.140. The maximum Gasteiger partial charge on any atom is 0.321 e. The van der Waals surface area contributed by atoms with Crippen LogP contribution >= 0.6 is 0 Å². The molecular weight excluding hydrogens is 342 g/mol. The third-order valence-corrected chi connectivity index (χ3v) is 4.92. The van der Waals surface area contributed by atoms with Gasteiger partial charge in [0.1, 0.15) is 0 Å². The highest BCUT2D eigenvalue weighted by atomic mass is 16.2. The van der Waals surface area contributed by atoms with E-state index in [1.54, 1.807) is 17.0 Å². The van der Waals surface area contributed by atoms with Gasteiger partial charge in [-0.15, -0.1) is 0 Å². The van der Waals surface area contributed by atoms with Crippen molar-refractivity contribution in [2.45, 2.75) is 40.2 Å². The number of hydrogen-bond donors (Lipinski definition) is 2. The summed E-state index contributed by atoms with van der Waals surface area (Å²) in [6, 6.07) is 7.46. The summed E-state index contributed by atoms with van der Waals surface area (Å²) in [5, 5.41) is 10.3. The number of aromatic nitrogens is 2. The molecule has 0 aliphatic carbocycles. The molecule has 27 heavy (non-hydrogen) atoms. The number of benzene rings is 1. The van der Waals surface area contributed by atoms with Gasteiger partial charge in [0.2, 0.25) is 0 Å². The second-order valence-electron chi connectivity index (χ2n) is 7.08. The van der Waals surface area contributed by atoms with E-state index >= 15 is 0 Å². The Kier molecular flexibility index (Phi) is 5.48. The van der Waals surface area contributed by atoms with Gasteiger partial charge in [0.05, 0.1) is 11.7 Å². The lowest BCUT2D eigenvalue weighted by Gasteiger charge is -2.19. The van der Waals surface area contributed by atoms with E-state index in [1.165, 1.54) is 0 Å². The molecule has 7 nitrogen and oxygen atoms in total. The van der Waals surface area contributed by atoms with E-state index in [4.69, 9.17) is 0 Å². The zero-order valence-corrected chi connectivity index (χ0v) is 16.4. The number of carbonyl (C=O) groups is 2. The number of nitrogens with one attached hydrogen (secondary N) is 2. The normalized spacial score (nSPS) is 16.4. The average Bonchev–Trinajstić information content (AvgIpc) is 3.23. The van der Waals surface area contributed by atoms with Crippen LogP contribution in [0.1, 0.15) is 46.7 Å². The highest BCUT2D eigenvalue weighted by Gasteiger charge is 2.29. The average molecular weight is 369 g/mol. The first-order valence-corrected chi connectivity index (χ1v) is 9.36. The number of aryl methyl sites for hydroxylation is 3. The Bertz CT molecular complexity index is 858. The van der Waals surface area contributed by atoms with E-state index < -0.39 is 0 Å². The molecule has 2 heterocycles. The van der Waals surface area contributed by atoms with Gasteiger partial charge < -0.3 is 15.5 Å². The summed E-state index contributed by atoms with van der Waals surface area (Å²) < 4.78 is 2.02. The molecule has 2 aromatic rings. The first kappa shape index (κ1) is 18.9. The maximum atomic E-state index is 12.7. The van der Waals surface area contributed by atoms with Crippen molar-refractivity contribution in [3.8, 4) is 0 Å². The predicted octanol–water partition coefficient (Wildman–Crippen LogP) is 3.04. The Labute approximate surface area is 159 Å². The maximum absolute atomic E-state index is 12.7. The molecule has 3 amide bonds. The Morgan fingerprint density at radius 2 is 2.00 bits per heavy atom. The highest BCUT2D eigenvalue weighted by molar-refractivity contribution is 5.97. The number of carbonyl (C=O) groups excluding carboxylic acids is 2. The fraction of sp³-hybridized carbons (Fsp3) is 0.450. The number of anilines is 1. The van der Waals surface area contributed by atoms with Gasteiger partial charge in [-0.3, -0.25) is 9.48 Å².